The molecule has 0 aliphatic carbocycles. The number of carbonyl (C=O) groups is 1. The van der Waals surface area contributed by atoms with E-state index in [1.165, 1.54) is 16.3 Å². The minimum atomic E-state index is -0.763. The molecule has 5 rings (SSSR count). The van der Waals surface area contributed by atoms with Crippen molar-refractivity contribution in [1.29, 1.82) is 0 Å². The fraction of sp³-hybridized carbons (Fsp3) is 0.423. The molecular weight excluding hydrogens is 526 g/mol. The zero-order chi connectivity index (χ0) is 26.9. The smallest absolute Gasteiger partial charge is 0.270 e. The zero-order valence-corrected chi connectivity index (χ0v) is 22.7. The Labute approximate surface area is 229 Å². The maximum atomic E-state index is 13.0. The summed E-state index contributed by atoms with van der Waals surface area (Å²) >= 11 is 7.93. The monoisotopic (exact) mass is 555 g/mol. The highest BCUT2D eigenvalue weighted by molar-refractivity contribution is 7.99. The van der Waals surface area contributed by atoms with E-state index in [1.54, 1.807) is 24.5 Å². The molecule has 0 spiro atoms. The quantitative estimate of drug-likeness (QED) is 0.415. The first-order valence-corrected chi connectivity index (χ1v) is 13.8. The molecule has 1 fully saturated rings. The summed E-state index contributed by atoms with van der Waals surface area (Å²) in [6.45, 7) is 5.16. The van der Waals surface area contributed by atoms with Crippen molar-refractivity contribution in [2.24, 2.45) is 11.1 Å². The molecule has 2 aliphatic heterocycles. The van der Waals surface area contributed by atoms with E-state index in [0.717, 1.165) is 44.6 Å². The summed E-state index contributed by atoms with van der Waals surface area (Å²) in [5.74, 6) is -0.0150. The van der Waals surface area contributed by atoms with Crippen LogP contribution in [0.15, 0.2) is 45.3 Å². The number of anilines is 2. The Balaban J connectivity index is 1.29. The van der Waals surface area contributed by atoms with Crippen LogP contribution in [0.25, 0.3) is 0 Å². The van der Waals surface area contributed by atoms with Crippen molar-refractivity contribution in [2.75, 3.05) is 29.9 Å². The van der Waals surface area contributed by atoms with Crippen LogP contribution in [-0.4, -0.2) is 50.2 Å². The summed E-state index contributed by atoms with van der Waals surface area (Å²) in [7, 11) is 0. The van der Waals surface area contributed by atoms with Crippen molar-refractivity contribution in [3.8, 4) is 5.88 Å². The van der Waals surface area contributed by atoms with Crippen molar-refractivity contribution in [2.45, 2.75) is 55.5 Å². The van der Waals surface area contributed by atoms with Crippen molar-refractivity contribution in [3.05, 3.63) is 57.4 Å². The molecule has 1 aromatic carbocycles. The standard InChI is InChI=1S/C26H30ClN7O3S/c1-26(15-28)8-11-33(12-9-26)19-13-30-20(14-29-19)38-17-6-4-5-16(22(17)27)31-23(35)21-24(36)32-18-7-2-3-10-34(18)25(21)37/h4-6,13-14,36H,2-3,7-12,15,28H2,1H3,(H,31,35). The number of halogens is 1. The summed E-state index contributed by atoms with van der Waals surface area (Å²) < 4.78 is 1.45. The summed E-state index contributed by atoms with van der Waals surface area (Å²) in [6, 6.07) is 5.18. The fourth-order valence-corrected chi connectivity index (χ4v) is 5.82. The SMILES string of the molecule is CC1(CN)CCN(c2cnc(Sc3cccc(NC(=O)c4c(O)nc5n(c4=O)CCCC5)c3Cl)cn2)CC1. The number of aromatic hydroxyl groups is 1. The largest absolute Gasteiger partial charge is 0.493 e. The molecule has 0 atom stereocenters. The van der Waals surface area contributed by atoms with Gasteiger partial charge in [0.2, 0.25) is 5.88 Å². The molecule has 10 nitrogen and oxygen atoms in total. The number of amides is 1. The molecule has 1 amide bonds. The Morgan fingerprint density at radius 3 is 2.71 bits per heavy atom. The minimum Gasteiger partial charge on any atom is -0.493 e. The molecule has 38 heavy (non-hydrogen) atoms. The number of nitrogens with one attached hydrogen (secondary N) is 1. The van der Waals surface area contributed by atoms with Gasteiger partial charge in [-0.05, 0) is 49.8 Å². The van der Waals surface area contributed by atoms with Crippen LogP contribution in [0.2, 0.25) is 5.02 Å². The summed E-state index contributed by atoms with van der Waals surface area (Å²) in [4.78, 5) is 42.0. The summed E-state index contributed by atoms with van der Waals surface area (Å²) in [6.07, 6.45) is 7.79. The van der Waals surface area contributed by atoms with Crippen LogP contribution in [0.1, 0.15) is 48.8 Å². The second-order valence-electron chi connectivity index (χ2n) is 10.0. The first-order valence-electron chi connectivity index (χ1n) is 12.7. The van der Waals surface area contributed by atoms with E-state index in [2.05, 4.69) is 32.1 Å². The second kappa shape index (κ2) is 10.9. The molecule has 4 heterocycles. The van der Waals surface area contributed by atoms with Crippen LogP contribution in [0.4, 0.5) is 11.5 Å². The van der Waals surface area contributed by atoms with Gasteiger partial charge in [0, 0.05) is 31.0 Å². The Morgan fingerprint density at radius 2 is 2.00 bits per heavy atom. The van der Waals surface area contributed by atoms with Crippen molar-refractivity contribution in [1.82, 2.24) is 19.5 Å². The van der Waals surface area contributed by atoms with Gasteiger partial charge in [-0.3, -0.25) is 14.2 Å². The van der Waals surface area contributed by atoms with Crippen LogP contribution >= 0.6 is 23.4 Å². The summed E-state index contributed by atoms with van der Waals surface area (Å²) in [5, 5.41) is 13.9. The Kier molecular flexibility index (Phi) is 7.60. The molecule has 2 aliphatic rings. The minimum absolute atomic E-state index is 0.181. The van der Waals surface area contributed by atoms with Gasteiger partial charge in [0.25, 0.3) is 11.5 Å². The van der Waals surface area contributed by atoms with E-state index in [9.17, 15) is 14.7 Å². The maximum absolute atomic E-state index is 13.0. The van der Waals surface area contributed by atoms with E-state index >= 15 is 0 Å². The average molecular weight is 556 g/mol. The normalized spacial score (nSPS) is 16.7. The Bertz CT molecular complexity index is 1410. The van der Waals surface area contributed by atoms with E-state index < -0.39 is 22.9 Å². The third-order valence-electron chi connectivity index (χ3n) is 7.32. The van der Waals surface area contributed by atoms with Gasteiger partial charge in [0.05, 0.1) is 23.1 Å². The lowest BCUT2D eigenvalue weighted by Crippen LogP contribution is -2.42. The van der Waals surface area contributed by atoms with Gasteiger partial charge in [-0.1, -0.05) is 36.4 Å². The highest BCUT2D eigenvalue weighted by atomic mass is 35.5. The molecule has 200 valence electrons. The van der Waals surface area contributed by atoms with Crippen LogP contribution in [0.3, 0.4) is 0 Å². The molecule has 3 aromatic rings. The van der Waals surface area contributed by atoms with Crippen molar-refractivity contribution in [3.63, 3.8) is 0 Å². The number of aromatic nitrogens is 4. The molecular formula is C26H30ClN7O3S. The van der Waals surface area contributed by atoms with Gasteiger partial charge >= 0.3 is 0 Å². The van der Waals surface area contributed by atoms with Crippen LogP contribution in [0.5, 0.6) is 5.88 Å². The van der Waals surface area contributed by atoms with Gasteiger partial charge in [-0.2, -0.15) is 4.98 Å². The number of carbonyl (C=O) groups excluding carboxylic acids is 1. The zero-order valence-electron chi connectivity index (χ0n) is 21.1. The van der Waals surface area contributed by atoms with Crippen LogP contribution < -0.4 is 21.5 Å². The average Bonchev–Trinajstić information content (AvgIpc) is 2.92. The van der Waals surface area contributed by atoms with Gasteiger partial charge in [0.1, 0.15) is 16.7 Å². The highest BCUT2D eigenvalue weighted by Gasteiger charge is 2.29. The van der Waals surface area contributed by atoms with E-state index in [4.69, 9.17) is 17.3 Å². The third-order valence-corrected chi connectivity index (χ3v) is 8.82. The van der Waals surface area contributed by atoms with Crippen molar-refractivity contribution < 1.29 is 9.90 Å². The number of aryl methyl sites for hydroxylation is 1. The maximum Gasteiger partial charge on any atom is 0.270 e. The molecule has 0 saturated carbocycles. The predicted octanol–water partition coefficient (Wildman–Crippen LogP) is 3.70. The van der Waals surface area contributed by atoms with E-state index in [0.29, 0.717) is 46.0 Å². The number of rotatable bonds is 6. The highest BCUT2D eigenvalue weighted by Crippen LogP contribution is 2.37. The molecule has 0 unspecified atom stereocenters. The molecule has 0 radical (unpaired) electrons. The number of nitrogens with two attached hydrogens (primary N) is 1. The number of hydrogen-bond acceptors (Lipinski definition) is 9. The number of benzene rings is 1. The molecule has 0 bridgehead atoms. The number of hydrogen-bond donors (Lipinski definition) is 3. The van der Waals surface area contributed by atoms with E-state index in [-0.39, 0.29) is 5.41 Å². The third kappa shape index (κ3) is 5.36. The lowest BCUT2D eigenvalue weighted by Gasteiger charge is -2.39. The fourth-order valence-electron chi connectivity index (χ4n) is 4.75. The van der Waals surface area contributed by atoms with Crippen LogP contribution in [-0.2, 0) is 13.0 Å². The Morgan fingerprint density at radius 1 is 1.21 bits per heavy atom. The topological polar surface area (TPSA) is 139 Å². The molecule has 2 aromatic heterocycles. The van der Waals surface area contributed by atoms with Crippen LogP contribution in [0, 0.1) is 5.41 Å². The van der Waals surface area contributed by atoms with Crippen molar-refractivity contribution >= 4 is 40.8 Å². The summed E-state index contributed by atoms with van der Waals surface area (Å²) in [5.41, 5.74) is 5.46. The first kappa shape index (κ1) is 26.5. The van der Waals surface area contributed by atoms with E-state index in [1.807, 2.05) is 6.07 Å². The Hall–Kier alpha value is -3.15. The lowest BCUT2D eigenvalue weighted by atomic mass is 9.80. The first-order chi connectivity index (χ1) is 18.3. The second-order valence-corrected chi connectivity index (χ2v) is 11.5. The number of fused-ring (bicyclic) bond motifs is 1. The molecule has 4 N–H and O–H groups in total. The van der Waals surface area contributed by atoms with Gasteiger partial charge in [0.15, 0.2) is 5.56 Å². The number of piperidine rings is 1. The lowest BCUT2D eigenvalue weighted by molar-refractivity contribution is 0.102. The molecule has 12 heteroatoms. The molecule has 1 saturated heterocycles. The van der Waals surface area contributed by atoms with Gasteiger partial charge in [-0.25, -0.2) is 9.97 Å². The van der Waals surface area contributed by atoms with Gasteiger partial charge in [-0.15, -0.1) is 0 Å². The predicted molar refractivity (Wildman–Crippen MR) is 147 cm³/mol. The number of nitrogens with zero attached hydrogens (tertiary/aromatic N) is 5. The van der Waals surface area contributed by atoms with Gasteiger partial charge < -0.3 is 21.1 Å².